The first-order valence-electron chi connectivity index (χ1n) is 10.5. The minimum absolute atomic E-state index is 0.519. The quantitative estimate of drug-likeness (QED) is 0.214. The summed E-state index contributed by atoms with van der Waals surface area (Å²) >= 11 is 0. The Kier molecular flexibility index (Phi) is 17.1. The van der Waals surface area contributed by atoms with Crippen LogP contribution in [0.2, 0.25) is 6.04 Å². The normalized spacial score (nSPS) is 12.7. The molecule has 164 valence electrons. The molecule has 0 fully saturated rings. The summed E-state index contributed by atoms with van der Waals surface area (Å²) < 4.78 is 40.7. The molecule has 0 N–H and O–H groups in total. The van der Waals surface area contributed by atoms with Crippen LogP contribution in [0.5, 0.6) is 0 Å². The minimum Gasteiger partial charge on any atom is -0.374 e. The lowest BCUT2D eigenvalue weighted by Crippen LogP contribution is -2.49. The van der Waals surface area contributed by atoms with Crippen LogP contribution in [0.25, 0.3) is 0 Å². The number of rotatable bonds is 20. The summed E-state index contributed by atoms with van der Waals surface area (Å²) in [5.74, 6) is 0. The molecular formula is C18H42O7Si2. The second-order valence-corrected chi connectivity index (χ2v) is 10.7. The summed E-state index contributed by atoms with van der Waals surface area (Å²) in [6.45, 7) is 15.8. The van der Waals surface area contributed by atoms with Crippen molar-refractivity contribution in [1.82, 2.24) is 0 Å². The van der Waals surface area contributed by atoms with E-state index >= 15 is 0 Å². The van der Waals surface area contributed by atoms with Gasteiger partial charge in [0.1, 0.15) is 0 Å². The number of unbranched alkanes of at least 4 members (excludes halogenated alkanes) is 3. The monoisotopic (exact) mass is 426 g/mol. The van der Waals surface area contributed by atoms with Crippen molar-refractivity contribution >= 4 is 17.9 Å². The first-order valence-corrected chi connectivity index (χ1v) is 14.1. The van der Waals surface area contributed by atoms with Gasteiger partial charge in [0.05, 0.1) is 0 Å². The van der Waals surface area contributed by atoms with Crippen LogP contribution in [-0.2, 0) is 31.0 Å². The maximum absolute atomic E-state index is 5.92. The van der Waals surface area contributed by atoms with Crippen LogP contribution in [0.1, 0.15) is 67.2 Å². The van der Waals surface area contributed by atoms with Crippen LogP contribution in [0.15, 0.2) is 0 Å². The van der Waals surface area contributed by atoms with Crippen LogP contribution in [0.3, 0.4) is 0 Å². The van der Waals surface area contributed by atoms with Crippen LogP contribution in [0, 0.1) is 0 Å². The van der Waals surface area contributed by atoms with Gasteiger partial charge in [-0.05, 0) is 54.4 Å². The maximum atomic E-state index is 5.92. The molecule has 0 aliphatic rings. The largest absolute Gasteiger partial charge is 0.679 e. The fourth-order valence-corrected chi connectivity index (χ4v) is 7.42. The zero-order chi connectivity index (χ0) is 20.4. The zero-order valence-electron chi connectivity index (χ0n) is 18.3. The summed E-state index contributed by atoms with van der Waals surface area (Å²) in [7, 11) is -5.49. The highest BCUT2D eigenvalue weighted by atomic mass is 28.4. The van der Waals surface area contributed by atoms with E-state index in [4.69, 9.17) is 31.0 Å². The summed E-state index contributed by atoms with van der Waals surface area (Å²) in [6.07, 6.45) is 4.10. The Balaban J connectivity index is 4.24. The van der Waals surface area contributed by atoms with Gasteiger partial charge in [0.25, 0.3) is 0 Å². The zero-order valence-corrected chi connectivity index (χ0v) is 20.3. The van der Waals surface area contributed by atoms with Crippen molar-refractivity contribution in [2.45, 2.75) is 73.3 Å². The SMILES string of the molecule is CCO[Si](CCCCCCO[Si](OCC)(OCC)OCC)(OCC)OCC. The third kappa shape index (κ3) is 11.7. The summed E-state index contributed by atoms with van der Waals surface area (Å²) in [4.78, 5) is 0. The molecule has 0 aliphatic heterocycles. The lowest BCUT2D eigenvalue weighted by Gasteiger charge is -2.28. The first-order chi connectivity index (χ1) is 13.1. The molecule has 0 heterocycles. The van der Waals surface area contributed by atoms with Gasteiger partial charge in [0.2, 0.25) is 0 Å². The molecule has 0 atom stereocenters. The Morgan fingerprint density at radius 1 is 0.444 bits per heavy atom. The molecule has 0 bridgehead atoms. The van der Waals surface area contributed by atoms with E-state index in [0.717, 1.165) is 31.7 Å². The summed E-state index contributed by atoms with van der Waals surface area (Å²) in [5, 5.41) is 0. The molecule has 0 radical (unpaired) electrons. The topological polar surface area (TPSA) is 64.6 Å². The van der Waals surface area contributed by atoms with Crippen molar-refractivity contribution in [3.63, 3.8) is 0 Å². The van der Waals surface area contributed by atoms with Gasteiger partial charge >= 0.3 is 17.9 Å². The molecule has 27 heavy (non-hydrogen) atoms. The smallest absolute Gasteiger partial charge is 0.374 e. The highest BCUT2D eigenvalue weighted by molar-refractivity contribution is 6.60. The van der Waals surface area contributed by atoms with Gasteiger partial charge in [-0.1, -0.05) is 12.8 Å². The minimum atomic E-state index is -2.98. The van der Waals surface area contributed by atoms with Gasteiger partial charge in [-0.2, -0.15) is 0 Å². The fourth-order valence-electron chi connectivity index (χ4n) is 2.78. The Bertz CT molecular complexity index is 271. The average Bonchev–Trinajstić information content (AvgIpc) is 2.62. The fraction of sp³-hybridized carbons (Fsp3) is 1.00. The van der Waals surface area contributed by atoms with Crippen LogP contribution in [0.4, 0.5) is 0 Å². The molecule has 0 saturated carbocycles. The van der Waals surface area contributed by atoms with Gasteiger partial charge in [0.15, 0.2) is 0 Å². The van der Waals surface area contributed by atoms with Crippen molar-refractivity contribution < 1.29 is 31.0 Å². The summed E-state index contributed by atoms with van der Waals surface area (Å²) in [5.41, 5.74) is 0. The molecule has 0 aromatic rings. The highest BCUT2D eigenvalue weighted by Gasteiger charge is 2.44. The molecular weight excluding hydrogens is 384 g/mol. The Hall–Kier alpha value is 0.154. The lowest BCUT2D eigenvalue weighted by molar-refractivity contribution is -0.0280. The van der Waals surface area contributed by atoms with E-state index in [9.17, 15) is 0 Å². The molecule has 0 spiro atoms. The Morgan fingerprint density at radius 2 is 0.852 bits per heavy atom. The molecule has 0 rings (SSSR count). The van der Waals surface area contributed by atoms with E-state index in [1.54, 1.807) is 0 Å². The molecule has 0 unspecified atom stereocenters. The molecule has 0 amide bonds. The predicted molar refractivity (Wildman–Crippen MR) is 110 cm³/mol. The van der Waals surface area contributed by atoms with Gasteiger partial charge in [0, 0.05) is 52.3 Å². The second kappa shape index (κ2) is 17.0. The summed E-state index contributed by atoms with van der Waals surface area (Å²) in [6, 6.07) is 0.860. The van der Waals surface area contributed by atoms with Crippen LogP contribution < -0.4 is 0 Å². The molecule has 0 aromatic heterocycles. The lowest BCUT2D eigenvalue weighted by atomic mass is 10.2. The van der Waals surface area contributed by atoms with Gasteiger partial charge < -0.3 is 31.0 Å². The maximum Gasteiger partial charge on any atom is 0.679 e. The first kappa shape index (κ1) is 27.2. The van der Waals surface area contributed by atoms with Crippen molar-refractivity contribution in [3.8, 4) is 0 Å². The highest BCUT2D eigenvalue weighted by Crippen LogP contribution is 2.20. The van der Waals surface area contributed by atoms with Crippen molar-refractivity contribution in [2.75, 3.05) is 46.2 Å². The van der Waals surface area contributed by atoms with E-state index in [-0.39, 0.29) is 0 Å². The number of hydrogen-bond acceptors (Lipinski definition) is 7. The Labute approximate surface area is 168 Å². The third-order valence-electron chi connectivity index (χ3n) is 3.71. The van der Waals surface area contributed by atoms with Crippen molar-refractivity contribution in [3.05, 3.63) is 0 Å². The van der Waals surface area contributed by atoms with Crippen molar-refractivity contribution in [2.24, 2.45) is 0 Å². The molecule has 7 nitrogen and oxygen atoms in total. The third-order valence-corrected chi connectivity index (χ3v) is 9.35. The standard InChI is InChI=1S/C18H42O7Si2/c1-7-19-26(20-8-2,21-9-3)18-16-14-13-15-17-25-27(22-10-4,23-11-5)24-12-6/h7-18H2,1-6H3. The molecule has 9 heteroatoms. The van der Waals surface area contributed by atoms with E-state index in [0.29, 0.717) is 46.2 Å². The molecule has 0 aliphatic carbocycles. The second-order valence-electron chi connectivity index (χ2n) is 5.79. The van der Waals surface area contributed by atoms with Gasteiger partial charge in [-0.25, -0.2) is 0 Å². The average molecular weight is 427 g/mol. The molecule has 0 saturated heterocycles. The van der Waals surface area contributed by atoms with Crippen LogP contribution >= 0.6 is 0 Å². The van der Waals surface area contributed by atoms with E-state index in [2.05, 4.69) is 0 Å². The number of hydrogen-bond donors (Lipinski definition) is 0. The van der Waals surface area contributed by atoms with E-state index in [1.807, 2.05) is 41.5 Å². The van der Waals surface area contributed by atoms with E-state index in [1.165, 1.54) is 0 Å². The predicted octanol–water partition coefficient (Wildman–Crippen LogP) is 4.16. The van der Waals surface area contributed by atoms with Gasteiger partial charge in [-0.3, -0.25) is 0 Å². The van der Waals surface area contributed by atoms with Gasteiger partial charge in [-0.15, -0.1) is 0 Å². The van der Waals surface area contributed by atoms with E-state index < -0.39 is 17.9 Å². The van der Waals surface area contributed by atoms with Crippen LogP contribution in [-0.4, -0.2) is 64.1 Å². The van der Waals surface area contributed by atoms with Crippen molar-refractivity contribution in [1.29, 1.82) is 0 Å². The molecule has 0 aromatic carbocycles. The Morgan fingerprint density at radius 3 is 1.26 bits per heavy atom.